The normalized spacial score (nSPS) is 7.42. The van der Waals surface area contributed by atoms with Crippen molar-refractivity contribution in [3.8, 4) is 0 Å². The Bertz CT molecular complexity index is 371. The minimum absolute atomic E-state index is 0. The molecule has 0 aliphatic carbocycles. The van der Waals surface area contributed by atoms with E-state index in [9.17, 15) is 0 Å². The van der Waals surface area contributed by atoms with Crippen molar-refractivity contribution >= 4 is 41.2 Å². The standard InChI is InChI=1S/C9H11NS2.2CH2O2.Zn/c1-2-7-5-3-4-6-8(7)12-9(10)11;2*2-1-3;/h3-6H,2H2,1H3,(H2,10,11);2*1H,(H,2,3);/q;;;+2/p-2. The number of rotatable bonds is 2. The molecule has 0 bridgehead atoms. The molecule has 0 atom stereocenters. The first-order chi connectivity index (χ1) is 8.56. The molecule has 1 aromatic carbocycles. The molecule has 0 fully saturated rings. The van der Waals surface area contributed by atoms with Crippen LogP contribution in [-0.4, -0.2) is 17.3 Å². The second kappa shape index (κ2) is 17.0. The maximum absolute atomic E-state index is 8.25. The zero-order chi connectivity index (χ0) is 14.4. The molecule has 0 saturated heterocycles. The molecule has 5 nitrogen and oxygen atoms in total. The van der Waals surface area contributed by atoms with Crippen LogP contribution in [0, 0.1) is 0 Å². The second-order valence-electron chi connectivity index (χ2n) is 2.57. The molecule has 100 valence electrons. The maximum Gasteiger partial charge on any atom is 2.00 e. The molecule has 19 heavy (non-hydrogen) atoms. The molecule has 0 unspecified atom stereocenters. The molecule has 2 N–H and O–H groups in total. The van der Waals surface area contributed by atoms with Crippen LogP contribution in [0.2, 0.25) is 0 Å². The SMILES string of the molecule is CCc1ccccc1SC(N)=S.O=C[O-].O=C[O-].[Zn+2]. The van der Waals surface area contributed by atoms with Gasteiger partial charge in [0.05, 0.1) is 0 Å². The molecule has 1 rings (SSSR count). The third kappa shape index (κ3) is 15.0. The average molecular weight is 353 g/mol. The molecule has 0 amide bonds. The van der Waals surface area contributed by atoms with Crippen molar-refractivity contribution in [2.45, 2.75) is 18.2 Å². The number of aryl methyl sites for hydroxylation is 1. The van der Waals surface area contributed by atoms with Crippen molar-refractivity contribution in [2.24, 2.45) is 5.73 Å². The summed E-state index contributed by atoms with van der Waals surface area (Å²) in [6.07, 6.45) is 1.02. The number of carboxylic acid groups (broad SMARTS) is 2. The van der Waals surface area contributed by atoms with Crippen LogP contribution >= 0.6 is 24.0 Å². The molecule has 0 aliphatic rings. The van der Waals surface area contributed by atoms with E-state index in [1.165, 1.54) is 22.2 Å². The number of benzene rings is 1. The minimum Gasteiger partial charge on any atom is -0.554 e. The largest absolute Gasteiger partial charge is 2.00 e. The van der Waals surface area contributed by atoms with Gasteiger partial charge in [0.25, 0.3) is 0 Å². The van der Waals surface area contributed by atoms with Crippen LogP contribution in [0.25, 0.3) is 0 Å². The summed E-state index contributed by atoms with van der Waals surface area (Å²) in [4.78, 5) is 17.7. The predicted molar refractivity (Wildman–Crippen MR) is 70.6 cm³/mol. The van der Waals surface area contributed by atoms with Gasteiger partial charge in [0.2, 0.25) is 0 Å². The fourth-order valence-corrected chi connectivity index (χ4v) is 1.98. The Morgan fingerprint density at radius 3 is 2.11 bits per heavy atom. The Labute approximate surface area is 134 Å². The summed E-state index contributed by atoms with van der Waals surface area (Å²) in [6, 6.07) is 8.17. The fourth-order valence-electron chi connectivity index (χ4n) is 1.00. The summed E-state index contributed by atoms with van der Waals surface area (Å²) in [7, 11) is 0. The summed E-state index contributed by atoms with van der Waals surface area (Å²) in [6.45, 7) is 1.12. The molecule has 0 heterocycles. The number of nitrogens with two attached hydrogens (primary N) is 1. The van der Waals surface area contributed by atoms with Gasteiger partial charge in [-0.3, -0.25) is 0 Å². The first-order valence-electron chi connectivity index (χ1n) is 4.73. The summed E-state index contributed by atoms with van der Waals surface area (Å²) < 4.78 is 0.482. The molecular weight excluding hydrogens is 340 g/mol. The van der Waals surface area contributed by atoms with Crippen LogP contribution in [0.1, 0.15) is 12.5 Å². The second-order valence-corrected chi connectivity index (χ2v) is 4.36. The van der Waals surface area contributed by atoms with Gasteiger partial charge in [-0.2, -0.15) is 0 Å². The van der Waals surface area contributed by atoms with Crippen molar-refractivity contribution in [3.05, 3.63) is 29.8 Å². The van der Waals surface area contributed by atoms with E-state index in [4.69, 9.17) is 37.8 Å². The monoisotopic (exact) mass is 351 g/mol. The fraction of sp³-hybridized carbons (Fsp3) is 0.182. The molecular formula is C11H13NO4S2Zn. The van der Waals surface area contributed by atoms with Gasteiger partial charge in [0, 0.05) is 17.8 Å². The number of hydrogen-bond donors (Lipinski definition) is 1. The molecule has 0 saturated carbocycles. The van der Waals surface area contributed by atoms with E-state index < -0.39 is 12.9 Å². The number of thiocarbonyl (C=S) groups is 1. The Morgan fingerprint density at radius 1 is 1.32 bits per heavy atom. The summed E-state index contributed by atoms with van der Waals surface area (Å²) >= 11 is 6.28. The van der Waals surface area contributed by atoms with Gasteiger partial charge in [0.1, 0.15) is 4.32 Å². The Balaban J connectivity index is -0.000000314. The van der Waals surface area contributed by atoms with Gasteiger partial charge >= 0.3 is 19.5 Å². The van der Waals surface area contributed by atoms with Crippen molar-refractivity contribution in [3.63, 3.8) is 0 Å². The van der Waals surface area contributed by atoms with E-state index in [2.05, 4.69) is 13.0 Å². The van der Waals surface area contributed by atoms with E-state index in [1.54, 1.807) is 0 Å². The topological polar surface area (TPSA) is 106 Å². The maximum atomic E-state index is 8.25. The van der Waals surface area contributed by atoms with Crippen molar-refractivity contribution in [1.29, 1.82) is 0 Å². The molecule has 0 radical (unpaired) electrons. The van der Waals surface area contributed by atoms with Crippen LogP contribution in [0.15, 0.2) is 29.2 Å². The smallest absolute Gasteiger partial charge is 0.554 e. The quantitative estimate of drug-likeness (QED) is 0.325. The number of thioether (sulfide) groups is 1. The van der Waals surface area contributed by atoms with Crippen LogP contribution in [0.4, 0.5) is 0 Å². The van der Waals surface area contributed by atoms with Gasteiger partial charge in [-0.1, -0.05) is 49.1 Å². The zero-order valence-electron chi connectivity index (χ0n) is 10.4. The van der Waals surface area contributed by atoms with Crippen LogP contribution < -0.4 is 15.9 Å². The molecule has 0 aromatic heterocycles. The van der Waals surface area contributed by atoms with Gasteiger partial charge in [-0.05, 0) is 18.1 Å². The van der Waals surface area contributed by atoms with E-state index in [1.807, 2.05) is 18.2 Å². The van der Waals surface area contributed by atoms with Crippen molar-refractivity contribution in [2.75, 3.05) is 0 Å². The first-order valence-corrected chi connectivity index (χ1v) is 5.96. The third-order valence-electron chi connectivity index (χ3n) is 1.56. The summed E-state index contributed by atoms with van der Waals surface area (Å²) in [5.41, 5.74) is 6.74. The van der Waals surface area contributed by atoms with Crippen molar-refractivity contribution < 1.29 is 39.3 Å². The molecule has 0 spiro atoms. The van der Waals surface area contributed by atoms with E-state index in [-0.39, 0.29) is 19.5 Å². The number of hydrogen-bond acceptors (Lipinski definition) is 6. The first kappa shape index (κ1) is 23.1. The van der Waals surface area contributed by atoms with Crippen LogP contribution in [0.5, 0.6) is 0 Å². The number of carbonyl (C=O) groups is 2. The number of carbonyl (C=O) groups excluding carboxylic acids is 2. The van der Waals surface area contributed by atoms with Gasteiger partial charge in [-0.25, -0.2) is 0 Å². The van der Waals surface area contributed by atoms with Gasteiger partial charge in [-0.15, -0.1) is 0 Å². The Morgan fingerprint density at radius 2 is 1.74 bits per heavy atom. The molecule has 8 heteroatoms. The van der Waals surface area contributed by atoms with Gasteiger partial charge in [0.15, 0.2) is 0 Å². The Kier molecular flexibility index (Phi) is 20.7. The van der Waals surface area contributed by atoms with Crippen molar-refractivity contribution in [1.82, 2.24) is 0 Å². The summed E-state index contributed by atoms with van der Waals surface area (Å²) in [5.74, 6) is 0. The van der Waals surface area contributed by atoms with E-state index in [0.29, 0.717) is 4.32 Å². The third-order valence-corrected chi connectivity index (χ3v) is 2.63. The predicted octanol–water partition coefficient (Wildman–Crippen LogP) is -0.686. The minimum atomic E-state index is -0.500. The van der Waals surface area contributed by atoms with Crippen LogP contribution in [-0.2, 0) is 35.5 Å². The summed E-state index contributed by atoms with van der Waals surface area (Å²) in [5, 5.41) is 16.5. The van der Waals surface area contributed by atoms with Gasteiger partial charge < -0.3 is 25.5 Å². The van der Waals surface area contributed by atoms with E-state index in [0.717, 1.165) is 6.42 Å². The molecule has 1 aromatic rings. The molecule has 0 aliphatic heterocycles. The van der Waals surface area contributed by atoms with E-state index >= 15 is 0 Å². The zero-order valence-corrected chi connectivity index (χ0v) is 15.0. The van der Waals surface area contributed by atoms with Crippen LogP contribution in [0.3, 0.4) is 0 Å². The average Bonchev–Trinajstić information content (AvgIpc) is 2.31. The Hall–Kier alpha value is -0.977.